The molecule has 5 rings (SSSR count). The molecule has 1 aliphatic heterocycles. The van der Waals surface area contributed by atoms with Gasteiger partial charge in [-0.3, -0.25) is 9.36 Å². The molecule has 0 saturated heterocycles. The highest BCUT2D eigenvalue weighted by Gasteiger charge is 2.35. The molecular formula is C32H28I2N2O5S. The molecule has 42 heavy (non-hydrogen) atoms. The fourth-order valence-corrected chi connectivity index (χ4v) is 7.83. The minimum atomic E-state index is -0.754. The first-order valence-corrected chi connectivity index (χ1v) is 16.5. The predicted octanol–water partition coefficient (Wildman–Crippen LogP) is 5.94. The van der Waals surface area contributed by atoms with Crippen molar-refractivity contribution in [2.24, 2.45) is 4.99 Å². The lowest BCUT2D eigenvalue weighted by Gasteiger charge is -2.26. The molecule has 0 unspecified atom stereocenters. The zero-order valence-corrected chi connectivity index (χ0v) is 28.4. The fourth-order valence-electron chi connectivity index (χ4n) is 4.79. The van der Waals surface area contributed by atoms with E-state index in [4.69, 9.17) is 19.2 Å². The lowest BCUT2D eigenvalue weighted by molar-refractivity contribution is -0.138. The van der Waals surface area contributed by atoms with Gasteiger partial charge in [-0.25, -0.2) is 9.79 Å². The number of thiazole rings is 1. The summed E-state index contributed by atoms with van der Waals surface area (Å²) in [5, 5.41) is 0. The van der Waals surface area contributed by atoms with Gasteiger partial charge in [0.1, 0.15) is 11.5 Å². The summed E-state index contributed by atoms with van der Waals surface area (Å²) in [4.78, 5) is 33.3. The molecular weight excluding hydrogens is 778 g/mol. The third kappa shape index (κ3) is 6.20. The zero-order chi connectivity index (χ0) is 29.8. The Morgan fingerprint density at radius 1 is 0.976 bits per heavy atom. The second-order valence-corrected chi connectivity index (χ2v) is 12.6. The van der Waals surface area contributed by atoms with Gasteiger partial charge < -0.3 is 14.2 Å². The molecule has 7 nitrogen and oxygen atoms in total. The maximum atomic E-state index is 14.2. The Bertz CT molecular complexity index is 1830. The van der Waals surface area contributed by atoms with E-state index in [1.807, 2.05) is 86.7 Å². The fraction of sp³-hybridized carbons (Fsp3) is 0.219. The van der Waals surface area contributed by atoms with Crippen LogP contribution in [0.2, 0.25) is 0 Å². The third-order valence-electron chi connectivity index (χ3n) is 6.49. The molecule has 1 atom stereocenters. The second kappa shape index (κ2) is 13.6. The van der Waals surface area contributed by atoms with Gasteiger partial charge in [0.2, 0.25) is 0 Å². The number of ether oxygens (including phenoxy) is 3. The van der Waals surface area contributed by atoms with Crippen molar-refractivity contribution in [1.82, 2.24) is 4.57 Å². The molecule has 0 N–H and O–H groups in total. The smallest absolute Gasteiger partial charge is 0.338 e. The first-order chi connectivity index (χ1) is 20.4. The van der Waals surface area contributed by atoms with Crippen molar-refractivity contribution < 1.29 is 19.0 Å². The van der Waals surface area contributed by atoms with Crippen LogP contribution in [0, 0.1) is 7.14 Å². The van der Waals surface area contributed by atoms with Gasteiger partial charge in [0, 0.05) is 14.7 Å². The zero-order valence-electron chi connectivity index (χ0n) is 23.2. The highest BCUT2D eigenvalue weighted by atomic mass is 127. The molecule has 0 saturated carbocycles. The SMILES string of the molecule is CCOC(=O)C1=C(c2ccccc2)N=c2s/c(=C\c3cc(I)cc(I)c3OCC)c(=O)n2[C@@H]1c1ccc(OCC)cc1. The predicted molar refractivity (Wildman–Crippen MR) is 182 cm³/mol. The van der Waals surface area contributed by atoms with Crippen molar-refractivity contribution >= 4 is 74.3 Å². The molecule has 0 spiro atoms. The number of halogens is 2. The Kier molecular flexibility index (Phi) is 9.84. The largest absolute Gasteiger partial charge is 0.494 e. The molecule has 0 aliphatic carbocycles. The van der Waals surface area contributed by atoms with Crippen LogP contribution in [0.1, 0.15) is 43.5 Å². The quantitative estimate of drug-likeness (QED) is 0.155. The molecule has 2 heterocycles. The maximum absolute atomic E-state index is 14.2. The van der Waals surface area contributed by atoms with E-state index in [1.165, 1.54) is 11.3 Å². The maximum Gasteiger partial charge on any atom is 0.338 e. The normalized spacial score (nSPS) is 14.8. The Hall–Kier alpha value is -2.97. The van der Waals surface area contributed by atoms with Gasteiger partial charge in [-0.1, -0.05) is 53.8 Å². The summed E-state index contributed by atoms with van der Waals surface area (Å²) in [6, 6.07) is 20.3. The number of hydrogen-bond donors (Lipinski definition) is 0. The minimum absolute atomic E-state index is 0.191. The highest BCUT2D eigenvalue weighted by Crippen LogP contribution is 2.36. The van der Waals surface area contributed by atoms with E-state index in [2.05, 4.69) is 45.2 Å². The van der Waals surface area contributed by atoms with Crippen LogP contribution in [0.25, 0.3) is 11.8 Å². The number of aromatic nitrogens is 1. The van der Waals surface area contributed by atoms with E-state index in [0.29, 0.717) is 39.6 Å². The number of carbonyl (C=O) groups is 1. The lowest BCUT2D eigenvalue weighted by atomic mass is 9.93. The highest BCUT2D eigenvalue weighted by molar-refractivity contribution is 14.1. The number of benzene rings is 3. The molecule has 0 radical (unpaired) electrons. The van der Waals surface area contributed by atoms with Crippen molar-refractivity contribution in [2.75, 3.05) is 19.8 Å². The second-order valence-electron chi connectivity index (χ2n) is 9.17. The summed E-state index contributed by atoms with van der Waals surface area (Å²) in [7, 11) is 0. The Morgan fingerprint density at radius 2 is 1.69 bits per heavy atom. The molecule has 0 fully saturated rings. The van der Waals surface area contributed by atoms with Crippen LogP contribution >= 0.6 is 56.5 Å². The number of fused-ring (bicyclic) bond motifs is 1. The molecule has 0 bridgehead atoms. The number of hydrogen-bond acceptors (Lipinski definition) is 7. The van der Waals surface area contributed by atoms with Gasteiger partial charge in [-0.05, 0) is 102 Å². The average Bonchev–Trinajstić information content (AvgIpc) is 3.29. The van der Waals surface area contributed by atoms with Crippen LogP contribution in [0.15, 0.2) is 82.1 Å². The molecule has 4 aromatic rings. The van der Waals surface area contributed by atoms with Crippen molar-refractivity contribution in [3.05, 3.63) is 116 Å². The van der Waals surface area contributed by atoms with Gasteiger partial charge >= 0.3 is 5.97 Å². The summed E-state index contributed by atoms with van der Waals surface area (Å²) >= 11 is 5.80. The summed E-state index contributed by atoms with van der Waals surface area (Å²) in [5.41, 5.74) is 2.87. The Labute approximate surface area is 274 Å². The van der Waals surface area contributed by atoms with E-state index in [1.54, 1.807) is 11.5 Å². The van der Waals surface area contributed by atoms with Crippen molar-refractivity contribution in [2.45, 2.75) is 26.8 Å². The van der Waals surface area contributed by atoms with Crippen LogP contribution in [-0.2, 0) is 9.53 Å². The number of rotatable bonds is 9. The first kappa shape index (κ1) is 30.5. The Balaban J connectivity index is 1.81. The lowest BCUT2D eigenvalue weighted by Crippen LogP contribution is -2.40. The molecule has 1 aromatic heterocycles. The van der Waals surface area contributed by atoms with Gasteiger partial charge in [0.15, 0.2) is 4.80 Å². The van der Waals surface area contributed by atoms with Crippen LogP contribution in [0.5, 0.6) is 11.5 Å². The van der Waals surface area contributed by atoms with E-state index >= 15 is 0 Å². The number of carbonyl (C=O) groups excluding carboxylic acids is 1. The summed E-state index contributed by atoms with van der Waals surface area (Å²) < 4.78 is 21.3. The Morgan fingerprint density at radius 3 is 2.36 bits per heavy atom. The van der Waals surface area contributed by atoms with Crippen LogP contribution in [-0.4, -0.2) is 30.4 Å². The van der Waals surface area contributed by atoms with Gasteiger partial charge in [-0.15, -0.1) is 0 Å². The van der Waals surface area contributed by atoms with Crippen LogP contribution < -0.4 is 24.4 Å². The van der Waals surface area contributed by atoms with E-state index in [9.17, 15) is 9.59 Å². The summed E-state index contributed by atoms with van der Waals surface area (Å²) in [6.45, 7) is 6.84. The van der Waals surface area contributed by atoms with Crippen molar-refractivity contribution in [1.29, 1.82) is 0 Å². The first-order valence-electron chi connectivity index (χ1n) is 13.5. The monoisotopic (exact) mass is 806 g/mol. The molecule has 0 amide bonds. The van der Waals surface area contributed by atoms with E-state index < -0.39 is 12.0 Å². The van der Waals surface area contributed by atoms with Crippen LogP contribution in [0.4, 0.5) is 0 Å². The van der Waals surface area contributed by atoms with Gasteiger partial charge in [0.25, 0.3) is 5.56 Å². The minimum Gasteiger partial charge on any atom is -0.494 e. The van der Waals surface area contributed by atoms with Gasteiger partial charge in [0.05, 0.1) is 45.2 Å². The van der Waals surface area contributed by atoms with Crippen LogP contribution in [0.3, 0.4) is 0 Å². The number of esters is 1. The van der Waals surface area contributed by atoms with Gasteiger partial charge in [-0.2, -0.15) is 0 Å². The number of nitrogens with zero attached hydrogens (tertiary/aromatic N) is 2. The van der Waals surface area contributed by atoms with E-state index in [-0.39, 0.29) is 12.2 Å². The average molecular weight is 806 g/mol. The molecule has 10 heteroatoms. The molecule has 3 aromatic carbocycles. The molecule has 1 aliphatic rings. The topological polar surface area (TPSA) is 79.1 Å². The van der Waals surface area contributed by atoms with E-state index in [0.717, 1.165) is 29.6 Å². The van der Waals surface area contributed by atoms with Crippen molar-refractivity contribution in [3.8, 4) is 11.5 Å². The standard InChI is InChI=1S/C32H28I2N2O5S/c1-4-39-23-14-12-20(13-15-23)28-26(31(38)41-6-3)27(19-10-8-7-9-11-19)35-32-36(28)30(37)25(42-32)17-21-16-22(33)18-24(34)29(21)40-5-2/h7-18,28H,4-6H2,1-3H3/b25-17-/t28-/m1/s1. The van der Waals surface area contributed by atoms with Crippen molar-refractivity contribution in [3.63, 3.8) is 0 Å². The summed E-state index contributed by atoms with van der Waals surface area (Å²) in [6.07, 6.45) is 1.85. The third-order valence-corrected chi connectivity index (χ3v) is 8.90. The molecule has 216 valence electrons. The summed E-state index contributed by atoms with van der Waals surface area (Å²) in [5.74, 6) is 0.916.